The van der Waals surface area contributed by atoms with Crippen LogP contribution in [0.25, 0.3) is 6.08 Å². The van der Waals surface area contributed by atoms with Gasteiger partial charge < -0.3 is 5.32 Å². The second kappa shape index (κ2) is 12.5. The Morgan fingerprint density at radius 1 is 1.03 bits per heavy atom. The van der Waals surface area contributed by atoms with E-state index in [9.17, 15) is 39.6 Å². The maximum atomic E-state index is 13.8. The second-order valence-electron chi connectivity index (χ2n) is 8.47. The molecule has 4 nitrogen and oxygen atoms in total. The van der Waals surface area contributed by atoms with Crippen LogP contribution in [0.4, 0.5) is 26.3 Å². The molecular weight excluding hydrogens is 603 g/mol. The van der Waals surface area contributed by atoms with Crippen LogP contribution in [0.2, 0.25) is 15.1 Å². The molecule has 210 valence electrons. The zero-order chi connectivity index (χ0) is 29.1. The SMILES string of the molecule is CCCS(=O)(=O)C[C@@H](C)NC(=O)c1ccc(/C=C/C(c2cc(Cl)c(Cl)c(Cl)c2)C(F)(F)F)cc1C(F)(F)F. The van der Waals surface area contributed by atoms with E-state index in [-0.39, 0.29) is 31.9 Å². The first-order valence-corrected chi connectivity index (χ1v) is 13.9. The van der Waals surface area contributed by atoms with Crippen LogP contribution in [0.1, 0.15) is 53.2 Å². The van der Waals surface area contributed by atoms with Crippen LogP contribution >= 0.6 is 34.8 Å². The molecule has 0 heterocycles. The molecule has 2 aromatic rings. The molecule has 1 N–H and O–H groups in total. The number of carbonyl (C=O) groups excluding carboxylic acids is 1. The van der Waals surface area contributed by atoms with Crippen molar-refractivity contribution in [2.45, 2.75) is 44.6 Å². The van der Waals surface area contributed by atoms with Gasteiger partial charge in [-0.05, 0) is 48.7 Å². The third kappa shape index (κ3) is 8.79. The number of amides is 1. The summed E-state index contributed by atoms with van der Waals surface area (Å²) in [5, 5.41) is 1.61. The first kappa shape index (κ1) is 32.3. The molecule has 0 radical (unpaired) electrons. The Hall–Kier alpha value is -1.95. The molecule has 2 rings (SSSR count). The third-order valence-electron chi connectivity index (χ3n) is 5.19. The minimum Gasteiger partial charge on any atom is -0.349 e. The van der Waals surface area contributed by atoms with Crippen LogP contribution < -0.4 is 5.32 Å². The highest BCUT2D eigenvalue weighted by atomic mass is 35.5. The number of nitrogens with one attached hydrogen (secondary N) is 1. The van der Waals surface area contributed by atoms with Crippen LogP contribution in [0, 0.1) is 0 Å². The summed E-state index contributed by atoms with van der Waals surface area (Å²) in [7, 11) is -3.52. The summed E-state index contributed by atoms with van der Waals surface area (Å²) in [4.78, 5) is 12.5. The minimum atomic E-state index is -5.03. The van der Waals surface area contributed by atoms with Gasteiger partial charge in [-0.25, -0.2) is 8.42 Å². The molecule has 0 fully saturated rings. The molecule has 38 heavy (non-hydrogen) atoms. The fourth-order valence-electron chi connectivity index (χ4n) is 3.59. The van der Waals surface area contributed by atoms with E-state index in [1.54, 1.807) is 6.92 Å². The van der Waals surface area contributed by atoms with Gasteiger partial charge in [-0.1, -0.05) is 59.9 Å². The summed E-state index contributed by atoms with van der Waals surface area (Å²) in [5.41, 5.74) is -2.86. The van der Waals surface area contributed by atoms with Crippen LogP contribution in [0.15, 0.2) is 36.4 Å². The van der Waals surface area contributed by atoms with Crippen LogP contribution in [-0.2, 0) is 16.0 Å². The molecule has 0 spiro atoms. The predicted octanol–water partition coefficient (Wildman–Crippen LogP) is 7.97. The molecule has 0 aliphatic carbocycles. The van der Waals surface area contributed by atoms with E-state index in [0.29, 0.717) is 18.6 Å². The topological polar surface area (TPSA) is 63.2 Å². The summed E-state index contributed by atoms with van der Waals surface area (Å²) in [6, 6.07) is 3.30. The lowest BCUT2D eigenvalue weighted by molar-refractivity contribution is -0.139. The molecular formula is C24H22Cl3F6NO3S. The van der Waals surface area contributed by atoms with Crippen molar-refractivity contribution < 1.29 is 39.6 Å². The predicted molar refractivity (Wildman–Crippen MR) is 137 cm³/mol. The average Bonchev–Trinajstić information content (AvgIpc) is 2.75. The molecule has 1 unspecified atom stereocenters. The Kier molecular flexibility index (Phi) is 10.6. The van der Waals surface area contributed by atoms with Gasteiger partial charge in [-0.15, -0.1) is 0 Å². The van der Waals surface area contributed by atoms with Gasteiger partial charge in [-0.2, -0.15) is 26.3 Å². The van der Waals surface area contributed by atoms with Gasteiger partial charge in [0.15, 0.2) is 9.84 Å². The zero-order valence-electron chi connectivity index (χ0n) is 19.9. The summed E-state index contributed by atoms with van der Waals surface area (Å²) in [5.74, 6) is -4.06. The summed E-state index contributed by atoms with van der Waals surface area (Å²) >= 11 is 17.4. The number of carbonyl (C=O) groups is 1. The number of alkyl halides is 6. The molecule has 2 aromatic carbocycles. The first-order valence-electron chi connectivity index (χ1n) is 11.0. The lowest BCUT2D eigenvalue weighted by atomic mass is 9.96. The summed E-state index contributed by atoms with van der Waals surface area (Å²) < 4.78 is 106. The summed E-state index contributed by atoms with van der Waals surface area (Å²) in [6.45, 7) is 2.98. The fourth-order valence-corrected chi connectivity index (χ4v) is 5.83. The van der Waals surface area contributed by atoms with E-state index in [1.165, 1.54) is 6.92 Å². The molecule has 0 saturated carbocycles. The summed E-state index contributed by atoms with van der Waals surface area (Å²) in [6.07, 6.45) is -8.09. The van der Waals surface area contributed by atoms with E-state index >= 15 is 0 Å². The number of rotatable bonds is 9. The quantitative estimate of drug-likeness (QED) is 0.227. The van der Waals surface area contributed by atoms with Crippen molar-refractivity contribution in [2.75, 3.05) is 11.5 Å². The van der Waals surface area contributed by atoms with E-state index in [1.807, 2.05) is 0 Å². The van der Waals surface area contributed by atoms with Gasteiger partial charge >= 0.3 is 12.4 Å². The van der Waals surface area contributed by atoms with Gasteiger partial charge in [-0.3, -0.25) is 4.79 Å². The fraction of sp³-hybridized carbons (Fsp3) is 0.375. The number of halogens is 9. The average molecular weight is 625 g/mol. The van der Waals surface area contributed by atoms with E-state index in [2.05, 4.69) is 5.32 Å². The van der Waals surface area contributed by atoms with Crippen LogP contribution in [-0.4, -0.2) is 38.0 Å². The number of benzene rings is 2. The van der Waals surface area contributed by atoms with Crippen molar-refractivity contribution >= 4 is 56.6 Å². The zero-order valence-corrected chi connectivity index (χ0v) is 22.9. The third-order valence-corrected chi connectivity index (χ3v) is 8.42. The van der Waals surface area contributed by atoms with Crippen molar-refractivity contribution in [3.63, 3.8) is 0 Å². The Balaban J connectivity index is 2.41. The Bertz CT molecular complexity index is 1290. The highest BCUT2D eigenvalue weighted by molar-refractivity contribution is 7.91. The molecule has 2 atom stereocenters. The highest BCUT2D eigenvalue weighted by Gasteiger charge is 2.40. The van der Waals surface area contributed by atoms with Crippen molar-refractivity contribution in [3.05, 3.63) is 73.7 Å². The number of hydrogen-bond acceptors (Lipinski definition) is 3. The molecule has 0 aliphatic rings. The standard InChI is InChI=1S/C24H22Cl3F6NO3S/c1-3-8-38(36,37)12-13(2)34-22(35)16-6-4-14(9-18(16)24(31,32)33)5-7-17(23(28,29)30)15-10-19(25)21(27)20(26)11-15/h4-7,9-11,13,17H,3,8,12H2,1-2H3,(H,34,35)/b7-5+/t13-,17?/m1/s1. The largest absolute Gasteiger partial charge is 0.417 e. The monoisotopic (exact) mass is 623 g/mol. The number of allylic oxidation sites excluding steroid dienone is 1. The second-order valence-corrected chi connectivity index (χ2v) is 11.9. The molecule has 0 bridgehead atoms. The lowest BCUT2D eigenvalue weighted by Crippen LogP contribution is -2.38. The lowest BCUT2D eigenvalue weighted by Gasteiger charge is -2.19. The van der Waals surface area contributed by atoms with Crippen molar-refractivity contribution in [1.29, 1.82) is 0 Å². The maximum absolute atomic E-state index is 13.8. The minimum absolute atomic E-state index is 0.143. The van der Waals surface area contributed by atoms with Gasteiger partial charge in [0.2, 0.25) is 0 Å². The molecule has 14 heteroatoms. The Labute approximate surface area is 230 Å². The van der Waals surface area contributed by atoms with Crippen LogP contribution in [0.3, 0.4) is 0 Å². The van der Waals surface area contributed by atoms with E-state index in [4.69, 9.17) is 34.8 Å². The molecule has 1 amide bonds. The van der Waals surface area contributed by atoms with Crippen molar-refractivity contribution in [3.8, 4) is 0 Å². The first-order chi connectivity index (χ1) is 17.4. The molecule has 0 saturated heterocycles. The van der Waals surface area contributed by atoms with Gasteiger partial charge in [0.1, 0.15) is 0 Å². The Morgan fingerprint density at radius 3 is 2.11 bits per heavy atom. The smallest absolute Gasteiger partial charge is 0.349 e. The normalized spacial score (nSPS) is 14.5. The molecule has 0 aromatic heterocycles. The number of sulfone groups is 1. The van der Waals surface area contributed by atoms with Gasteiger partial charge in [0, 0.05) is 11.8 Å². The van der Waals surface area contributed by atoms with Gasteiger partial charge in [0.25, 0.3) is 5.91 Å². The van der Waals surface area contributed by atoms with Crippen molar-refractivity contribution in [2.24, 2.45) is 0 Å². The Morgan fingerprint density at radius 2 is 1.61 bits per heavy atom. The highest BCUT2D eigenvalue weighted by Crippen LogP contribution is 2.41. The van der Waals surface area contributed by atoms with Crippen molar-refractivity contribution in [1.82, 2.24) is 5.32 Å². The van der Waals surface area contributed by atoms with Gasteiger partial charge in [0.05, 0.1) is 37.9 Å². The maximum Gasteiger partial charge on any atom is 0.417 e. The number of hydrogen-bond donors (Lipinski definition) is 1. The van der Waals surface area contributed by atoms with E-state index < -0.39 is 56.9 Å². The molecule has 0 aliphatic heterocycles. The van der Waals surface area contributed by atoms with E-state index in [0.717, 1.165) is 30.3 Å². The van der Waals surface area contributed by atoms with Crippen LogP contribution in [0.5, 0.6) is 0 Å².